The molecule has 1 atom stereocenters. The van der Waals surface area contributed by atoms with Crippen LogP contribution in [-0.4, -0.2) is 27.3 Å². The van der Waals surface area contributed by atoms with Gasteiger partial charge in [0.2, 0.25) is 5.91 Å². The zero-order valence-corrected chi connectivity index (χ0v) is 13.9. The molecule has 1 aromatic carbocycles. The summed E-state index contributed by atoms with van der Waals surface area (Å²) in [6, 6.07) is 12.2. The van der Waals surface area contributed by atoms with Gasteiger partial charge in [-0.05, 0) is 12.0 Å². The summed E-state index contributed by atoms with van der Waals surface area (Å²) in [6.45, 7) is 2.69. The number of nitriles is 1. The molecular weight excluding hydrogens is 308 g/mol. The largest absolute Gasteiger partial charge is 0.352 e. The lowest BCUT2D eigenvalue weighted by molar-refractivity contribution is -0.119. The van der Waals surface area contributed by atoms with Crippen LogP contribution in [0.2, 0.25) is 0 Å². The first kappa shape index (κ1) is 17.1. The van der Waals surface area contributed by atoms with Crippen LogP contribution in [0, 0.1) is 11.3 Å². The summed E-state index contributed by atoms with van der Waals surface area (Å²) in [7, 11) is 0. The average Bonchev–Trinajstić information content (AvgIpc) is 3.00. The molecule has 2 aromatic rings. The minimum Gasteiger partial charge on any atom is -0.352 e. The quantitative estimate of drug-likeness (QED) is 0.757. The van der Waals surface area contributed by atoms with Crippen molar-refractivity contribution in [3.05, 3.63) is 48.3 Å². The molecule has 1 aromatic heterocycles. The number of nitrogens with zero attached hydrogens (tertiary/aromatic N) is 3. The zero-order chi connectivity index (χ0) is 16.5. The first-order valence-corrected chi connectivity index (χ1v) is 8.55. The molecule has 6 heteroatoms. The Balaban J connectivity index is 1.88. The number of aromatic nitrogens is 2. The third kappa shape index (κ3) is 5.46. The number of benzene rings is 1. The first-order valence-electron chi connectivity index (χ1n) is 7.57. The Hall–Kier alpha value is -2.26. The van der Waals surface area contributed by atoms with Gasteiger partial charge in [-0.25, -0.2) is 4.98 Å². The highest BCUT2D eigenvalue weighted by Crippen LogP contribution is 2.17. The molecule has 0 spiro atoms. The lowest BCUT2D eigenvalue weighted by Crippen LogP contribution is -2.35. The van der Waals surface area contributed by atoms with Crippen LogP contribution >= 0.6 is 11.8 Å². The average molecular weight is 328 g/mol. The first-order chi connectivity index (χ1) is 11.2. The summed E-state index contributed by atoms with van der Waals surface area (Å²) in [5.41, 5.74) is 1.19. The van der Waals surface area contributed by atoms with Crippen molar-refractivity contribution >= 4 is 17.7 Å². The number of thioether (sulfide) groups is 1. The van der Waals surface area contributed by atoms with Gasteiger partial charge in [-0.1, -0.05) is 49.0 Å². The van der Waals surface area contributed by atoms with E-state index in [0.717, 1.165) is 18.1 Å². The van der Waals surface area contributed by atoms with E-state index in [1.807, 2.05) is 35.9 Å². The second kappa shape index (κ2) is 9.01. The van der Waals surface area contributed by atoms with Crippen molar-refractivity contribution in [2.24, 2.45) is 0 Å². The molecule has 120 valence electrons. The van der Waals surface area contributed by atoms with Crippen LogP contribution in [0.15, 0.2) is 47.9 Å². The van der Waals surface area contributed by atoms with Crippen molar-refractivity contribution in [1.82, 2.24) is 14.9 Å². The van der Waals surface area contributed by atoms with E-state index in [2.05, 4.69) is 28.5 Å². The van der Waals surface area contributed by atoms with Crippen LogP contribution in [0.1, 0.15) is 25.3 Å². The number of carbonyl (C=O) groups excluding carboxylic acids is 1. The van der Waals surface area contributed by atoms with Crippen molar-refractivity contribution in [3.8, 4) is 6.07 Å². The van der Waals surface area contributed by atoms with Gasteiger partial charge in [0, 0.05) is 25.0 Å². The van der Waals surface area contributed by atoms with Gasteiger partial charge in [-0.3, -0.25) is 4.79 Å². The molecule has 0 saturated heterocycles. The Morgan fingerprint density at radius 2 is 2.22 bits per heavy atom. The number of imidazole rings is 1. The summed E-state index contributed by atoms with van der Waals surface area (Å²) in [6.07, 6.45) is 4.76. The second-order valence-electron chi connectivity index (χ2n) is 5.15. The van der Waals surface area contributed by atoms with Gasteiger partial charge in [0.25, 0.3) is 0 Å². The molecule has 0 aliphatic carbocycles. The van der Waals surface area contributed by atoms with Gasteiger partial charge < -0.3 is 9.88 Å². The molecule has 1 N–H and O–H groups in total. The van der Waals surface area contributed by atoms with Crippen LogP contribution in [0.25, 0.3) is 0 Å². The highest BCUT2D eigenvalue weighted by Gasteiger charge is 2.12. The number of hydrogen-bond donors (Lipinski definition) is 1. The summed E-state index contributed by atoms with van der Waals surface area (Å²) >= 11 is 1.41. The summed E-state index contributed by atoms with van der Waals surface area (Å²) in [4.78, 5) is 16.3. The molecule has 0 saturated carbocycles. The molecule has 5 nitrogen and oxygen atoms in total. The Kier molecular flexibility index (Phi) is 6.70. The van der Waals surface area contributed by atoms with E-state index in [1.165, 1.54) is 17.3 Å². The summed E-state index contributed by atoms with van der Waals surface area (Å²) in [5.74, 6) is 0.236. The number of rotatable bonds is 8. The van der Waals surface area contributed by atoms with Crippen LogP contribution in [0.5, 0.6) is 0 Å². The molecule has 23 heavy (non-hydrogen) atoms. The topological polar surface area (TPSA) is 70.7 Å². The molecule has 1 heterocycles. The zero-order valence-electron chi connectivity index (χ0n) is 13.1. The van der Waals surface area contributed by atoms with Crippen molar-refractivity contribution in [2.45, 2.75) is 37.5 Å². The van der Waals surface area contributed by atoms with E-state index >= 15 is 0 Å². The third-order valence-corrected chi connectivity index (χ3v) is 4.41. The van der Waals surface area contributed by atoms with Crippen molar-refractivity contribution in [3.63, 3.8) is 0 Å². The molecule has 0 aliphatic rings. The lowest BCUT2D eigenvalue weighted by Gasteiger charge is -2.13. The number of hydrogen-bond acceptors (Lipinski definition) is 4. The third-order valence-electron chi connectivity index (χ3n) is 3.40. The molecule has 1 amide bonds. The van der Waals surface area contributed by atoms with Crippen molar-refractivity contribution in [1.29, 1.82) is 5.26 Å². The van der Waals surface area contributed by atoms with Gasteiger partial charge >= 0.3 is 0 Å². The fourth-order valence-electron chi connectivity index (χ4n) is 2.14. The van der Waals surface area contributed by atoms with Crippen LogP contribution in [-0.2, 0) is 11.3 Å². The number of nitrogens with one attached hydrogen (secondary N) is 1. The maximum atomic E-state index is 12.0. The van der Waals surface area contributed by atoms with E-state index in [9.17, 15) is 4.79 Å². The van der Waals surface area contributed by atoms with Gasteiger partial charge in [-0.15, -0.1) is 0 Å². The van der Waals surface area contributed by atoms with Gasteiger partial charge in [0.15, 0.2) is 5.16 Å². The van der Waals surface area contributed by atoms with E-state index in [0.29, 0.717) is 12.2 Å². The lowest BCUT2D eigenvalue weighted by atomic mass is 10.2. The van der Waals surface area contributed by atoms with Crippen LogP contribution < -0.4 is 5.32 Å². The molecule has 0 aliphatic heterocycles. The molecule has 2 rings (SSSR count). The number of amides is 1. The van der Waals surface area contributed by atoms with E-state index in [-0.39, 0.29) is 11.9 Å². The second-order valence-corrected chi connectivity index (χ2v) is 6.09. The van der Waals surface area contributed by atoms with Crippen molar-refractivity contribution < 1.29 is 4.79 Å². The summed E-state index contributed by atoms with van der Waals surface area (Å²) < 4.78 is 2.03. The van der Waals surface area contributed by atoms with E-state index < -0.39 is 0 Å². The normalized spacial score (nSPS) is 11.7. The van der Waals surface area contributed by atoms with E-state index in [4.69, 9.17) is 5.26 Å². The predicted molar refractivity (Wildman–Crippen MR) is 90.9 cm³/mol. The SMILES string of the molecule is CCC(CC#N)NC(=O)CSc1nccn1Cc1ccccc1. The molecule has 1 unspecified atom stereocenters. The van der Waals surface area contributed by atoms with Gasteiger partial charge in [0.1, 0.15) is 0 Å². The minimum absolute atomic E-state index is 0.0636. The van der Waals surface area contributed by atoms with Gasteiger partial charge in [-0.2, -0.15) is 5.26 Å². The fraction of sp³-hybridized carbons (Fsp3) is 0.353. The molecule has 0 fully saturated rings. The minimum atomic E-state index is -0.0721. The standard InChI is InChI=1S/C17H20N4OS/c1-2-15(8-9-18)20-16(22)13-23-17-19-10-11-21(17)12-14-6-4-3-5-7-14/h3-7,10-11,15H,2,8,12-13H2,1H3,(H,20,22). The Labute approximate surface area is 140 Å². The Morgan fingerprint density at radius 1 is 1.43 bits per heavy atom. The molecule has 0 radical (unpaired) electrons. The highest BCUT2D eigenvalue weighted by atomic mass is 32.2. The van der Waals surface area contributed by atoms with Gasteiger partial charge in [0.05, 0.1) is 18.2 Å². The highest BCUT2D eigenvalue weighted by molar-refractivity contribution is 7.99. The Bertz CT molecular complexity index is 663. The predicted octanol–water partition coefficient (Wildman–Crippen LogP) is 2.83. The molecule has 0 bridgehead atoms. The maximum absolute atomic E-state index is 12.0. The fourth-order valence-corrected chi connectivity index (χ4v) is 2.91. The maximum Gasteiger partial charge on any atom is 0.230 e. The van der Waals surface area contributed by atoms with Crippen molar-refractivity contribution in [2.75, 3.05) is 5.75 Å². The van der Waals surface area contributed by atoms with Crippen LogP contribution in [0.4, 0.5) is 0 Å². The molecular formula is C17H20N4OS. The van der Waals surface area contributed by atoms with Crippen LogP contribution in [0.3, 0.4) is 0 Å². The Morgan fingerprint density at radius 3 is 2.91 bits per heavy atom. The van der Waals surface area contributed by atoms with E-state index in [1.54, 1.807) is 6.20 Å². The number of carbonyl (C=O) groups is 1. The smallest absolute Gasteiger partial charge is 0.230 e. The monoisotopic (exact) mass is 328 g/mol. The summed E-state index contributed by atoms with van der Waals surface area (Å²) in [5, 5.41) is 12.4.